The van der Waals surface area contributed by atoms with Crippen molar-refractivity contribution in [1.29, 1.82) is 0 Å². The van der Waals surface area contributed by atoms with E-state index < -0.39 is 0 Å². The molecule has 3 heterocycles. The summed E-state index contributed by atoms with van der Waals surface area (Å²) in [7, 11) is 0. The minimum absolute atomic E-state index is 0.103. The van der Waals surface area contributed by atoms with Gasteiger partial charge in [0, 0.05) is 17.1 Å². The van der Waals surface area contributed by atoms with Crippen molar-refractivity contribution in [2.75, 3.05) is 5.75 Å². The molecule has 0 radical (unpaired) electrons. The summed E-state index contributed by atoms with van der Waals surface area (Å²) in [4.78, 5) is 14.7. The summed E-state index contributed by atoms with van der Waals surface area (Å²) in [6.07, 6.45) is 6.55. The Bertz CT molecular complexity index is 936. The van der Waals surface area contributed by atoms with E-state index in [-0.39, 0.29) is 17.2 Å². The van der Waals surface area contributed by atoms with E-state index in [1.165, 1.54) is 29.7 Å². The van der Waals surface area contributed by atoms with Gasteiger partial charge in [0.25, 0.3) is 5.56 Å². The molecule has 0 N–H and O–H groups in total. The SMILES string of the molecule is C=C(C)CSc1nn(C2CCCCC2)c(=O)c2c3c(sc12)COC(C)(C)C3. The third-order valence-corrected chi connectivity index (χ3v) is 8.02. The van der Waals surface area contributed by atoms with Crippen molar-refractivity contribution in [3.8, 4) is 0 Å². The molecule has 2 aromatic heterocycles. The van der Waals surface area contributed by atoms with Gasteiger partial charge in [-0.2, -0.15) is 5.10 Å². The van der Waals surface area contributed by atoms with Crippen LogP contribution in [0.1, 0.15) is 69.4 Å². The maximum absolute atomic E-state index is 13.5. The normalized spacial score (nSPS) is 20.0. The minimum Gasteiger partial charge on any atom is -0.370 e. The smallest absolute Gasteiger partial charge is 0.276 e. The number of fused-ring (bicyclic) bond motifs is 3. The van der Waals surface area contributed by atoms with Gasteiger partial charge in [0.05, 0.1) is 28.3 Å². The van der Waals surface area contributed by atoms with E-state index in [0.717, 1.165) is 45.7 Å². The van der Waals surface area contributed by atoms with Gasteiger partial charge in [-0.1, -0.05) is 43.2 Å². The van der Waals surface area contributed by atoms with Gasteiger partial charge in [0.1, 0.15) is 5.03 Å². The van der Waals surface area contributed by atoms with Gasteiger partial charge in [0.2, 0.25) is 0 Å². The Morgan fingerprint density at radius 1 is 1.37 bits per heavy atom. The van der Waals surface area contributed by atoms with E-state index in [1.54, 1.807) is 23.1 Å². The lowest BCUT2D eigenvalue weighted by atomic mass is 9.93. The first kappa shape index (κ1) is 19.2. The molecule has 0 amide bonds. The molecule has 0 aromatic carbocycles. The summed E-state index contributed by atoms with van der Waals surface area (Å²) in [5, 5.41) is 6.75. The molecule has 0 unspecified atom stereocenters. The number of thioether (sulfide) groups is 1. The monoisotopic (exact) mass is 404 g/mol. The number of hydrogen-bond donors (Lipinski definition) is 0. The van der Waals surface area contributed by atoms with Crippen LogP contribution in [0.3, 0.4) is 0 Å². The Labute approximate surface area is 169 Å². The summed E-state index contributed by atoms with van der Waals surface area (Å²) in [5.41, 5.74) is 2.19. The van der Waals surface area contributed by atoms with E-state index in [4.69, 9.17) is 9.84 Å². The van der Waals surface area contributed by atoms with Crippen LogP contribution in [-0.4, -0.2) is 21.1 Å². The predicted molar refractivity (Wildman–Crippen MR) is 114 cm³/mol. The molecule has 146 valence electrons. The third-order valence-electron chi connectivity index (χ3n) is 5.48. The summed E-state index contributed by atoms with van der Waals surface area (Å²) < 4.78 is 8.87. The van der Waals surface area contributed by atoms with Crippen LogP contribution in [0.15, 0.2) is 22.0 Å². The van der Waals surface area contributed by atoms with Crippen molar-refractivity contribution in [3.05, 3.63) is 32.9 Å². The molecule has 4 rings (SSSR count). The second-order valence-electron chi connectivity index (χ2n) is 8.53. The maximum Gasteiger partial charge on any atom is 0.276 e. The van der Waals surface area contributed by atoms with Crippen LogP contribution >= 0.6 is 23.1 Å². The second kappa shape index (κ2) is 7.37. The molecule has 4 nitrogen and oxygen atoms in total. The third kappa shape index (κ3) is 3.76. The Morgan fingerprint density at radius 2 is 2.11 bits per heavy atom. The van der Waals surface area contributed by atoms with Gasteiger partial charge in [-0.25, -0.2) is 4.68 Å². The average molecular weight is 405 g/mol. The quantitative estimate of drug-likeness (QED) is 0.500. The highest BCUT2D eigenvalue weighted by Crippen LogP contribution is 2.41. The van der Waals surface area contributed by atoms with Crippen LogP contribution in [0.2, 0.25) is 0 Å². The summed E-state index contributed by atoms with van der Waals surface area (Å²) in [6.45, 7) is 10.9. The number of nitrogens with zero attached hydrogens (tertiary/aromatic N) is 2. The first-order valence-electron chi connectivity index (χ1n) is 9.84. The van der Waals surface area contributed by atoms with Crippen LogP contribution in [0, 0.1) is 0 Å². The zero-order chi connectivity index (χ0) is 19.2. The topological polar surface area (TPSA) is 44.1 Å². The van der Waals surface area contributed by atoms with Gasteiger partial charge in [-0.05, 0) is 39.2 Å². The fourth-order valence-electron chi connectivity index (χ4n) is 4.09. The van der Waals surface area contributed by atoms with Gasteiger partial charge < -0.3 is 4.74 Å². The van der Waals surface area contributed by atoms with Gasteiger partial charge in [-0.3, -0.25) is 4.79 Å². The number of hydrogen-bond acceptors (Lipinski definition) is 5. The lowest BCUT2D eigenvalue weighted by Crippen LogP contribution is -2.33. The summed E-state index contributed by atoms with van der Waals surface area (Å²) >= 11 is 3.40. The number of thiophene rings is 1. The Hall–Kier alpha value is -1.11. The van der Waals surface area contributed by atoms with Crippen molar-refractivity contribution in [1.82, 2.24) is 9.78 Å². The molecule has 1 saturated carbocycles. The molecule has 2 aliphatic rings. The van der Waals surface area contributed by atoms with Crippen molar-refractivity contribution in [2.24, 2.45) is 0 Å². The molecular weight excluding hydrogens is 376 g/mol. The number of aromatic nitrogens is 2. The van der Waals surface area contributed by atoms with Gasteiger partial charge in [-0.15, -0.1) is 11.3 Å². The zero-order valence-corrected chi connectivity index (χ0v) is 18.1. The highest BCUT2D eigenvalue weighted by atomic mass is 32.2. The minimum atomic E-state index is -0.225. The lowest BCUT2D eigenvalue weighted by Gasteiger charge is -2.30. The average Bonchev–Trinajstić information content (AvgIpc) is 3.00. The van der Waals surface area contributed by atoms with Crippen molar-refractivity contribution < 1.29 is 4.74 Å². The van der Waals surface area contributed by atoms with Crippen LogP contribution in [0.25, 0.3) is 10.1 Å². The molecule has 1 aliphatic heterocycles. The van der Waals surface area contributed by atoms with E-state index in [2.05, 4.69) is 20.4 Å². The highest BCUT2D eigenvalue weighted by Gasteiger charge is 2.32. The largest absolute Gasteiger partial charge is 0.370 e. The van der Waals surface area contributed by atoms with Crippen molar-refractivity contribution >= 4 is 33.2 Å². The molecular formula is C21H28N2O2S2. The predicted octanol–water partition coefficient (Wildman–Crippen LogP) is 5.48. The lowest BCUT2D eigenvalue weighted by molar-refractivity contribution is -0.0379. The number of rotatable bonds is 4. The fraction of sp³-hybridized carbons (Fsp3) is 0.619. The molecule has 0 spiro atoms. The molecule has 6 heteroatoms. The van der Waals surface area contributed by atoms with Gasteiger partial charge in [0.15, 0.2) is 0 Å². The van der Waals surface area contributed by atoms with Gasteiger partial charge >= 0.3 is 0 Å². The first-order chi connectivity index (χ1) is 12.9. The number of ether oxygens (including phenoxy) is 1. The Morgan fingerprint density at radius 3 is 2.81 bits per heavy atom. The molecule has 2 aromatic rings. The molecule has 27 heavy (non-hydrogen) atoms. The summed E-state index contributed by atoms with van der Waals surface area (Å²) in [5.74, 6) is 0.829. The molecule has 1 aliphatic carbocycles. The molecule has 0 saturated heterocycles. The fourth-order valence-corrected chi connectivity index (χ4v) is 6.26. The maximum atomic E-state index is 13.5. The Balaban J connectivity index is 1.89. The molecule has 1 fully saturated rings. The molecule has 0 bridgehead atoms. The van der Waals surface area contributed by atoms with Crippen molar-refractivity contribution in [2.45, 2.75) is 82.6 Å². The van der Waals surface area contributed by atoms with E-state index in [0.29, 0.717) is 6.61 Å². The standard InChI is InChI=1S/C21H28N2O2S2/c1-13(2)12-26-19-18-17(15-10-21(3,4)25-11-16(15)27-18)20(24)23(22-19)14-8-6-5-7-9-14/h14H,1,5-12H2,2-4H3. The van der Waals surface area contributed by atoms with E-state index >= 15 is 0 Å². The summed E-state index contributed by atoms with van der Waals surface area (Å²) in [6, 6.07) is 0.239. The molecule has 0 atom stereocenters. The van der Waals surface area contributed by atoms with Crippen LogP contribution < -0.4 is 5.56 Å². The van der Waals surface area contributed by atoms with Crippen LogP contribution in [-0.2, 0) is 17.8 Å². The Kier molecular flexibility index (Phi) is 5.25. The zero-order valence-electron chi connectivity index (χ0n) is 16.5. The first-order valence-corrected chi connectivity index (χ1v) is 11.6. The highest BCUT2D eigenvalue weighted by molar-refractivity contribution is 7.99. The van der Waals surface area contributed by atoms with Crippen molar-refractivity contribution in [3.63, 3.8) is 0 Å². The van der Waals surface area contributed by atoms with Crippen LogP contribution in [0.4, 0.5) is 0 Å². The van der Waals surface area contributed by atoms with Crippen LogP contribution in [0.5, 0.6) is 0 Å². The second-order valence-corrected chi connectivity index (χ2v) is 10.6. The van der Waals surface area contributed by atoms with E-state index in [9.17, 15) is 4.79 Å². The van der Waals surface area contributed by atoms with E-state index in [1.807, 2.05) is 11.6 Å².